The number of carbonyl (C=O) groups excluding carboxylic acids is 1. The van der Waals surface area contributed by atoms with Gasteiger partial charge in [0.1, 0.15) is 0 Å². The molecule has 0 fully saturated rings. The quantitative estimate of drug-likeness (QED) is 0.767. The van der Waals surface area contributed by atoms with Crippen molar-refractivity contribution in [2.45, 2.75) is 33.2 Å². The maximum Gasteiger partial charge on any atom is 0.179 e. The highest BCUT2D eigenvalue weighted by Crippen LogP contribution is 2.10. The molecule has 82 valence electrons. The van der Waals surface area contributed by atoms with Crippen molar-refractivity contribution >= 4 is 5.78 Å². The van der Waals surface area contributed by atoms with Crippen LogP contribution in [0.15, 0.2) is 24.3 Å². The van der Waals surface area contributed by atoms with Gasteiger partial charge in [0.15, 0.2) is 5.78 Å². The Kier molecular flexibility index (Phi) is 4.04. The predicted octanol–water partition coefficient (Wildman–Crippen LogP) is 2.42. The monoisotopic (exact) mass is 205 g/mol. The molecule has 0 heterocycles. The summed E-state index contributed by atoms with van der Waals surface area (Å²) in [6, 6.07) is 7.31. The number of carbonyl (C=O) groups is 1. The molecule has 0 saturated heterocycles. The van der Waals surface area contributed by atoms with Crippen molar-refractivity contribution in [2.24, 2.45) is 11.7 Å². The number of ketones is 1. The van der Waals surface area contributed by atoms with E-state index in [-0.39, 0.29) is 11.7 Å². The zero-order chi connectivity index (χ0) is 11.4. The van der Waals surface area contributed by atoms with Crippen molar-refractivity contribution in [1.29, 1.82) is 0 Å². The number of hydrogen-bond acceptors (Lipinski definition) is 2. The smallest absolute Gasteiger partial charge is 0.179 e. The summed E-state index contributed by atoms with van der Waals surface area (Å²) < 4.78 is 0. The van der Waals surface area contributed by atoms with E-state index in [1.807, 2.05) is 38.1 Å². The van der Waals surface area contributed by atoms with Crippen LogP contribution in [0.3, 0.4) is 0 Å². The van der Waals surface area contributed by atoms with Crippen LogP contribution >= 0.6 is 0 Å². The molecule has 0 bridgehead atoms. The molecule has 1 unspecified atom stereocenters. The fourth-order valence-electron chi connectivity index (χ4n) is 1.40. The molecule has 0 aliphatic rings. The molecule has 1 aromatic rings. The van der Waals surface area contributed by atoms with Crippen LogP contribution in [0.5, 0.6) is 0 Å². The minimum atomic E-state index is -0.391. The zero-order valence-electron chi connectivity index (χ0n) is 9.66. The molecule has 0 aromatic heterocycles. The minimum Gasteiger partial charge on any atom is -0.321 e. The van der Waals surface area contributed by atoms with Gasteiger partial charge in [-0.05, 0) is 17.9 Å². The second-order valence-electron chi connectivity index (χ2n) is 4.18. The van der Waals surface area contributed by atoms with Crippen LogP contribution in [-0.4, -0.2) is 11.8 Å². The molecule has 2 N–H and O–H groups in total. The third-order valence-electron chi connectivity index (χ3n) is 2.67. The topological polar surface area (TPSA) is 43.1 Å². The van der Waals surface area contributed by atoms with Gasteiger partial charge in [0.2, 0.25) is 0 Å². The molecule has 1 aromatic carbocycles. The second-order valence-corrected chi connectivity index (χ2v) is 4.18. The summed E-state index contributed by atoms with van der Waals surface area (Å²) in [4.78, 5) is 11.9. The van der Waals surface area contributed by atoms with Crippen LogP contribution < -0.4 is 5.73 Å². The lowest BCUT2D eigenvalue weighted by atomic mass is 9.95. The Labute approximate surface area is 91.5 Å². The predicted molar refractivity (Wildman–Crippen MR) is 63.0 cm³/mol. The first-order valence-corrected chi connectivity index (χ1v) is 5.45. The van der Waals surface area contributed by atoms with Crippen LogP contribution in [0.2, 0.25) is 0 Å². The molecule has 2 heteroatoms. The minimum absolute atomic E-state index is 0.0349. The first-order valence-electron chi connectivity index (χ1n) is 5.45. The lowest BCUT2D eigenvalue weighted by Gasteiger charge is -2.14. The Balaban J connectivity index is 2.83. The van der Waals surface area contributed by atoms with Gasteiger partial charge in [-0.1, -0.05) is 45.0 Å². The summed E-state index contributed by atoms with van der Waals surface area (Å²) in [5, 5.41) is 0. The van der Waals surface area contributed by atoms with E-state index in [9.17, 15) is 4.79 Å². The number of hydrogen-bond donors (Lipinski definition) is 1. The SMILES string of the molecule is CCc1ccc(C(=O)C(N)C(C)C)cc1. The molecule has 2 nitrogen and oxygen atoms in total. The Morgan fingerprint density at radius 3 is 2.20 bits per heavy atom. The van der Waals surface area contributed by atoms with Crippen molar-refractivity contribution in [3.63, 3.8) is 0 Å². The van der Waals surface area contributed by atoms with Gasteiger partial charge >= 0.3 is 0 Å². The van der Waals surface area contributed by atoms with Crippen LogP contribution in [0.1, 0.15) is 36.7 Å². The average molecular weight is 205 g/mol. The third kappa shape index (κ3) is 2.90. The molecule has 1 rings (SSSR count). The number of aryl methyl sites for hydroxylation is 1. The summed E-state index contributed by atoms with van der Waals surface area (Å²) in [5.41, 5.74) is 7.77. The van der Waals surface area contributed by atoms with Crippen LogP contribution in [0.4, 0.5) is 0 Å². The van der Waals surface area contributed by atoms with Crippen molar-refractivity contribution in [2.75, 3.05) is 0 Å². The van der Waals surface area contributed by atoms with E-state index in [1.165, 1.54) is 5.56 Å². The van der Waals surface area contributed by atoms with Gasteiger partial charge in [0, 0.05) is 5.56 Å². The molecule has 0 amide bonds. The lowest BCUT2D eigenvalue weighted by molar-refractivity contribution is 0.0940. The summed E-state index contributed by atoms with van der Waals surface area (Å²) >= 11 is 0. The van der Waals surface area contributed by atoms with Crippen molar-refractivity contribution in [3.05, 3.63) is 35.4 Å². The molecular formula is C13H19NO. The van der Waals surface area contributed by atoms with Crippen molar-refractivity contribution in [3.8, 4) is 0 Å². The molecule has 0 spiro atoms. The molecule has 0 aliphatic heterocycles. The summed E-state index contributed by atoms with van der Waals surface area (Å²) in [7, 11) is 0. The van der Waals surface area contributed by atoms with E-state index >= 15 is 0 Å². The lowest BCUT2D eigenvalue weighted by Crippen LogP contribution is -2.35. The van der Waals surface area contributed by atoms with Crippen LogP contribution in [-0.2, 0) is 6.42 Å². The van der Waals surface area contributed by atoms with E-state index in [4.69, 9.17) is 5.73 Å². The third-order valence-corrected chi connectivity index (χ3v) is 2.67. The van der Waals surface area contributed by atoms with Crippen molar-refractivity contribution < 1.29 is 4.79 Å². The maximum absolute atomic E-state index is 11.9. The van der Waals surface area contributed by atoms with Gasteiger partial charge in [-0.15, -0.1) is 0 Å². The normalized spacial score (nSPS) is 12.9. The number of benzene rings is 1. The highest BCUT2D eigenvalue weighted by molar-refractivity contribution is 6.00. The van der Waals surface area contributed by atoms with Gasteiger partial charge in [-0.25, -0.2) is 0 Å². The van der Waals surface area contributed by atoms with Gasteiger partial charge < -0.3 is 5.73 Å². The first kappa shape index (κ1) is 11.9. The largest absolute Gasteiger partial charge is 0.321 e. The van der Waals surface area contributed by atoms with E-state index < -0.39 is 6.04 Å². The van der Waals surface area contributed by atoms with Gasteiger partial charge in [0.25, 0.3) is 0 Å². The average Bonchev–Trinajstić information content (AvgIpc) is 2.27. The second kappa shape index (κ2) is 5.08. The number of rotatable bonds is 4. The molecule has 0 aliphatic carbocycles. The fraction of sp³-hybridized carbons (Fsp3) is 0.462. The summed E-state index contributed by atoms with van der Waals surface area (Å²) in [6.07, 6.45) is 0.991. The molecule has 0 saturated carbocycles. The number of nitrogens with two attached hydrogens (primary N) is 1. The van der Waals surface area contributed by atoms with Gasteiger partial charge in [0.05, 0.1) is 6.04 Å². The van der Waals surface area contributed by atoms with Gasteiger partial charge in [-0.3, -0.25) is 4.79 Å². The van der Waals surface area contributed by atoms with E-state index in [2.05, 4.69) is 6.92 Å². The van der Waals surface area contributed by atoms with E-state index in [0.29, 0.717) is 5.56 Å². The molecule has 15 heavy (non-hydrogen) atoms. The number of Topliss-reactive ketones (excluding diaryl/α,β-unsaturated/α-hetero) is 1. The first-order chi connectivity index (χ1) is 7.06. The summed E-state index contributed by atoms with van der Waals surface area (Å²) in [5.74, 6) is 0.219. The van der Waals surface area contributed by atoms with Crippen LogP contribution in [0.25, 0.3) is 0 Å². The Hall–Kier alpha value is -1.15. The highest BCUT2D eigenvalue weighted by Gasteiger charge is 2.18. The fourth-order valence-corrected chi connectivity index (χ4v) is 1.40. The Morgan fingerprint density at radius 2 is 1.80 bits per heavy atom. The van der Waals surface area contributed by atoms with E-state index in [0.717, 1.165) is 6.42 Å². The summed E-state index contributed by atoms with van der Waals surface area (Å²) in [6.45, 7) is 6.02. The standard InChI is InChI=1S/C13H19NO/c1-4-10-5-7-11(8-6-10)13(15)12(14)9(2)3/h5-9,12H,4,14H2,1-3H3. The molecular weight excluding hydrogens is 186 g/mol. The Morgan fingerprint density at radius 1 is 1.27 bits per heavy atom. The van der Waals surface area contributed by atoms with Gasteiger partial charge in [-0.2, -0.15) is 0 Å². The van der Waals surface area contributed by atoms with Crippen LogP contribution in [0, 0.1) is 5.92 Å². The zero-order valence-corrected chi connectivity index (χ0v) is 9.66. The Bertz CT molecular complexity index is 327. The molecule has 1 atom stereocenters. The van der Waals surface area contributed by atoms with E-state index in [1.54, 1.807) is 0 Å². The van der Waals surface area contributed by atoms with Crippen molar-refractivity contribution in [1.82, 2.24) is 0 Å². The maximum atomic E-state index is 11.9. The molecule has 0 radical (unpaired) electrons. The highest BCUT2D eigenvalue weighted by atomic mass is 16.1.